The van der Waals surface area contributed by atoms with E-state index in [2.05, 4.69) is 20.9 Å². The number of nitrogens with zero attached hydrogens (tertiary/aromatic N) is 1. The minimum absolute atomic E-state index is 0.210. The van der Waals surface area contributed by atoms with Gasteiger partial charge in [-0.2, -0.15) is 0 Å². The van der Waals surface area contributed by atoms with Gasteiger partial charge in [0.1, 0.15) is 16.7 Å². The first-order valence-corrected chi connectivity index (χ1v) is 5.77. The summed E-state index contributed by atoms with van der Waals surface area (Å²) in [6.45, 7) is 0. The summed E-state index contributed by atoms with van der Waals surface area (Å²) in [6.07, 6.45) is 0. The van der Waals surface area contributed by atoms with E-state index >= 15 is 0 Å². The van der Waals surface area contributed by atoms with E-state index in [1.807, 2.05) is 0 Å². The van der Waals surface area contributed by atoms with Crippen molar-refractivity contribution in [3.05, 3.63) is 45.8 Å². The number of anilines is 1. The van der Waals surface area contributed by atoms with E-state index in [-0.39, 0.29) is 11.0 Å². The first-order valence-electron chi connectivity index (χ1n) is 4.60. The van der Waals surface area contributed by atoms with E-state index in [4.69, 9.17) is 22.1 Å². The molecule has 0 spiro atoms. The molecule has 0 aliphatic carbocycles. The van der Waals surface area contributed by atoms with Crippen LogP contribution in [0, 0.1) is 5.82 Å². The average Bonchev–Trinajstić information content (AvgIpc) is 2.22. The Morgan fingerprint density at radius 2 is 2.06 bits per heavy atom. The van der Waals surface area contributed by atoms with Crippen LogP contribution in [0.2, 0.25) is 5.15 Å². The van der Waals surface area contributed by atoms with Crippen LogP contribution in [0.15, 0.2) is 34.8 Å². The van der Waals surface area contributed by atoms with Crippen LogP contribution in [0.5, 0.6) is 11.6 Å². The number of nitrogen functional groups attached to an aromatic ring is 1. The lowest BCUT2D eigenvalue weighted by Crippen LogP contribution is -1.93. The molecule has 0 saturated carbocycles. The van der Waals surface area contributed by atoms with Gasteiger partial charge in [-0.15, -0.1) is 0 Å². The summed E-state index contributed by atoms with van der Waals surface area (Å²) in [5.41, 5.74) is 6.01. The first-order chi connectivity index (χ1) is 8.04. The van der Waals surface area contributed by atoms with Crippen molar-refractivity contribution in [3.8, 4) is 11.6 Å². The molecule has 0 amide bonds. The highest BCUT2D eigenvalue weighted by atomic mass is 79.9. The van der Waals surface area contributed by atoms with E-state index in [9.17, 15) is 4.39 Å². The Kier molecular flexibility index (Phi) is 3.49. The third-order valence-corrected chi connectivity index (χ3v) is 2.75. The Morgan fingerprint density at radius 3 is 2.76 bits per heavy atom. The van der Waals surface area contributed by atoms with E-state index in [1.54, 1.807) is 6.07 Å². The summed E-state index contributed by atoms with van der Waals surface area (Å²) in [5, 5.41) is 0.215. The standard InChI is InChI=1S/C11H7BrClFN2O/c12-8-2-1-6(14)3-9(8)17-11-5-7(15)4-10(13)16-11/h1-5H,(H2,15,16). The van der Waals surface area contributed by atoms with Gasteiger partial charge in [-0.05, 0) is 34.1 Å². The second-order valence-corrected chi connectivity index (χ2v) is 4.48. The minimum Gasteiger partial charge on any atom is -0.438 e. The van der Waals surface area contributed by atoms with Crippen molar-refractivity contribution in [1.82, 2.24) is 4.98 Å². The van der Waals surface area contributed by atoms with Gasteiger partial charge in [-0.3, -0.25) is 0 Å². The second kappa shape index (κ2) is 4.89. The van der Waals surface area contributed by atoms with Crippen LogP contribution in [0.1, 0.15) is 0 Å². The SMILES string of the molecule is Nc1cc(Cl)nc(Oc2cc(F)ccc2Br)c1. The van der Waals surface area contributed by atoms with Gasteiger partial charge in [0.2, 0.25) is 5.88 Å². The Balaban J connectivity index is 2.34. The topological polar surface area (TPSA) is 48.1 Å². The van der Waals surface area contributed by atoms with Gasteiger partial charge >= 0.3 is 0 Å². The number of hydrogen-bond donors (Lipinski definition) is 1. The minimum atomic E-state index is -0.404. The fourth-order valence-electron chi connectivity index (χ4n) is 1.21. The Labute approximate surface area is 110 Å². The summed E-state index contributed by atoms with van der Waals surface area (Å²) < 4.78 is 19.0. The van der Waals surface area contributed by atoms with Crippen molar-refractivity contribution in [2.75, 3.05) is 5.73 Å². The molecule has 2 N–H and O–H groups in total. The van der Waals surface area contributed by atoms with Crippen molar-refractivity contribution >= 4 is 33.2 Å². The molecule has 2 rings (SSSR count). The molecule has 6 heteroatoms. The van der Waals surface area contributed by atoms with Crippen LogP contribution in [0.3, 0.4) is 0 Å². The molecule has 0 aliphatic heterocycles. The zero-order valence-electron chi connectivity index (χ0n) is 8.45. The highest BCUT2D eigenvalue weighted by molar-refractivity contribution is 9.10. The summed E-state index contributed by atoms with van der Waals surface area (Å²) in [7, 11) is 0. The molecule has 0 atom stereocenters. The van der Waals surface area contributed by atoms with Gasteiger partial charge in [-0.25, -0.2) is 9.37 Å². The van der Waals surface area contributed by atoms with Gasteiger partial charge in [0.15, 0.2) is 0 Å². The van der Waals surface area contributed by atoms with Crippen molar-refractivity contribution in [1.29, 1.82) is 0 Å². The molecule has 1 heterocycles. The number of nitrogens with two attached hydrogens (primary N) is 1. The third-order valence-electron chi connectivity index (χ3n) is 1.90. The number of halogens is 3. The van der Waals surface area contributed by atoms with E-state index in [0.717, 1.165) is 0 Å². The molecule has 0 aliphatic rings. The number of ether oxygens (including phenoxy) is 1. The summed E-state index contributed by atoms with van der Waals surface area (Å²) in [6, 6.07) is 7.09. The molecule has 88 valence electrons. The number of benzene rings is 1. The first kappa shape index (κ1) is 12.1. The quantitative estimate of drug-likeness (QED) is 0.851. The van der Waals surface area contributed by atoms with Gasteiger partial charge in [0.05, 0.1) is 4.47 Å². The number of rotatable bonds is 2. The lowest BCUT2D eigenvalue weighted by Gasteiger charge is -2.07. The van der Waals surface area contributed by atoms with Gasteiger partial charge in [-0.1, -0.05) is 11.6 Å². The molecule has 2 aromatic rings. The van der Waals surface area contributed by atoms with Crippen LogP contribution < -0.4 is 10.5 Å². The molecular formula is C11H7BrClFN2O. The van der Waals surface area contributed by atoms with Crippen molar-refractivity contribution < 1.29 is 9.13 Å². The fourth-order valence-corrected chi connectivity index (χ4v) is 1.75. The summed E-state index contributed by atoms with van der Waals surface area (Å²) in [4.78, 5) is 3.92. The Bertz CT molecular complexity index is 545. The molecule has 0 fully saturated rings. The summed E-state index contributed by atoms with van der Waals surface area (Å²) >= 11 is 8.97. The smallest absolute Gasteiger partial charge is 0.222 e. The Morgan fingerprint density at radius 1 is 1.29 bits per heavy atom. The van der Waals surface area contributed by atoms with E-state index in [1.165, 1.54) is 24.3 Å². The Hall–Kier alpha value is -1.33. The maximum atomic E-state index is 13.0. The number of pyridine rings is 1. The van der Waals surface area contributed by atoms with Crippen molar-refractivity contribution in [3.63, 3.8) is 0 Å². The molecule has 0 unspecified atom stereocenters. The monoisotopic (exact) mass is 316 g/mol. The zero-order valence-corrected chi connectivity index (χ0v) is 10.8. The van der Waals surface area contributed by atoms with E-state index < -0.39 is 5.82 Å². The molecule has 3 nitrogen and oxygen atoms in total. The third kappa shape index (κ3) is 3.08. The van der Waals surface area contributed by atoms with E-state index in [0.29, 0.717) is 15.9 Å². The zero-order chi connectivity index (χ0) is 12.4. The maximum absolute atomic E-state index is 13.0. The highest BCUT2D eigenvalue weighted by Gasteiger charge is 2.07. The summed E-state index contributed by atoms with van der Waals surface area (Å²) in [5.74, 6) is 0.110. The second-order valence-electron chi connectivity index (χ2n) is 3.24. The predicted molar refractivity (Wildman–Crippen MR) is 67.8 cm³/mol. The van der Waals surface area contributed by atoms with Crippen LogP contribution in [-0.2, 0) is 0 Å². The molecule has 17 heavy (non-hydrogen) atoms. The molecule has 0 radical (unpaired) electrons. The molecule has 0 bridgehead atoms. The van der Waals surface area contributed by atoms with Crippen LogP contribution in [0.25, 0.3) is 0 Å². The number of hydrogen-bond acceptors (Lipinski definition) is 3. The largest absolute Gasteiger partial charge is 0.438 e. The number of aromatic nitrogens is 1. The molecular weight excluding hydrogens is 310 g/mol. The fraction of sp³-hybridized carbons (Fsp3) is 0. The van der Waals surface area contributed by atoms with Gasteiger partial charge < -0.3 is 10.5 Å². The molecule has 1 aromatic heterocycles. The molecule has 0 saturated heterocycles. The lowest BCUT2D eigenvalue weighted by atomic mass is 10.3. The predicted octanol–water partition coefficient (Wildman–Crippen LogP) is 4.01. The van der Waals surface area contributed by atoms with Gasteiger partial charge in [0, 0.05) is 17.8 Å². The van der Waals surface area contributed by atoms with Crippen LogP contribution in [-0.4, -0.2) is 4.98 Å². The molecule has 1 aromatic carbocycles. The normalized spacial score (nSPS) is 10.3. The van der Waals surface area contributed by atoms with Crippen LogP contribution >= 0.6 is 27.5 Å². The van der Waals surface area contributed by atoms with Crippen molar-refractivity contribution in [2.45, 2.75) is 0 Å². The lowest BCUT2D eigenvalue weighted by molar-refractivity contribution is 0.455. The van der Waals surface area contributed by atoms with Crippen LogP contribution in [0.4, 0.5) is 10.1 Å². The highest BCUT2D eigenvalue weighted by Crippen LogP contribution is 2.30. The van der Waals surface area contributed by atoms with Crippen molar-refractivity contribution in [2.24, 2.45) is 0 Å². The van der Waals surface area contributed by atoms with Gasteiger partial charge in [0.25, 0.3) is 0 Å². The maximum Gasteiger partial charge on any atom is 0.222 e. The average molecular weight is 318 g/mol.